The first-order valence-electron chi connectivity index (χ1n) is 13.3. The number of hydrogen-bond acceptors (Lipinski definition) is 5. The Kier molecular flexibility index (Phi) is 7.59. The second-order valence-corrected chi connectivity index (χ2v) is 10.8. The third-order valence-corrected chi connectivity index (χ3v) is 8.10. The molecule has 7 rings (SSSR count). The van der Waals surface area contributed by atoms with Crippen LogP contribution in [0.2, 0.25) is 0 Å². The number of nitrogens with one attached hydrogen (secondary N) is 2. The molecule has 216 valence electrons. The van der Waals surface area contributed by atoms with Crippen molar-refractivity contribution in [1.29, 1.82) is 0 Å². The molecule has 0 bridgehead atoms. The number of carboxylic acid groups (broad SMARTS) is 1. The van der Waals surface area contributed by atoms with Crippen molar-refractivity contribution in [3.05, 3.63) is 89.6 Å². The minimum Gasteiger partial charge on any atom is -0.493 e. The topological polar surface area (TPSA) is 100 Å². The molecule has 5 aromatic rings. The summed E-state index contributed by atoms with van der Waals surface area (Å²) in [6.45, 7) is 0.569. The number of carbonyl (C=O) groups is 1. The average Bonchev–Trinajstić information content (AvgIpc) is 3.56. The van der Waals surface area contributed by atoms with Gasteiger partial charge in [0.15, 0.2) is 11.6 Å². The number of para-hydroxylation sites is 1. The van der Waals surface area contributed by atoms with Gasteiger partial charge in [-0.25, -0.2) is 13.8 Å². The van der Waals surface area contributed by atoms with Gasteiger partial charge in [-0.1, -0.05) is 18.2 Å². The van der Waals surface area contributed by atoms with Gasteiger partial charge in [0.25, 0.3) is 0 Å². The molecule has 1 fully saturated rings. The lowest BCUT2D eigenvalue weighted by atomic mass is 9.91. The number of aromatic nitrogens is 3. The number of nitrogens with zero attached hydrogens (tertiary/aromatic N) is 1. The van der Waals surface area contributed by atoms with E-state index in [0.29, 0.717) is 22.7 Å². The smallest absolute Gasteiger partial charge is 0.306 e. The molecule has 1 unspecified atom stereocenters. The standard InChI is InChI=1S/C27H20F3N3O2S.C4H6O2/c1-36-26-17-8-10-31-24(17)22(29)23(30)25(26)35-14-6-7-19(28)18(12-14)27-32-13-20(33-27)15-9-11-34-21-5-3-2-4-16(15)21;5-4(6)3-1-2-3/h2-8,10,12-13,15,31H,9,11H2,1H3,(H,32,33);3H,1-2H2,(H,5,6). The predicted molar refractivity (Wildman–Crippen MR) is 153 cm³/mol. The van der Waals surface area contributed by atoms with Crippen molar-refractivity contribution in [2.45, 2.75) is 30.1 Å². The summed E-state index contributed by atoms with van der Waals surface area (Å²) in [5.41, 5.74) is 2.11. The summed E-state index contributed by atoms with van der Waals surface area (Å²) in [6, 6.07) is 13.5. The van der Waals surface area contributed by atoms with E-state index in [2.05, 4.69) is 15.0 Å². The minimum absolute atomic E-state index is 0.0185. The molecule has 7 nitrogen and oxygen atoms in total. The number of H-pyrrole nitrogens is 2. The molecule has 0 amide bonds. The number of imidazole rings is 1. The van der Waals surface area contributed by atoms with Gasteiger partial charge in [-0.15, -0.1) is 11.8 Å². The first-order chi connectivity index (χ1) is 20.4. The van der Waals surface area contributed by atoms with Crippen LogP contribution in [0.4, 0.5) is 13.2 Å². The minimum atomic E-state index is -1.11. The Morgan fingerprint density at radius 2 is 1.90 bits per heavy atom. The molecule has 0 saturated heterocycles. The van der Waals surface area contributed by atoms with Crippen LogP contribution >= 0.6 is 11.8 Å². The molecule has 2 aliphatic rings. The summed E-state index contributed by atoms with van der Waals surface area (Å²) in [4.78, 5) is 20.6. The Hall–Kier alpha value is -4.38. The van der Waals surface area contributed by atoms with Crippen LogP contribution in [-0.2, 0) is 4.79 Å². The summed E-state index contributed by atoms with van der Waals surface area (Å²) in [5, 5.41) is 8.56. The SMILES string of the molecule is CSc1c(Oc2ccc(F)c(-c3ncc(C4CCOc5ccccc54)[nH]3)c2)c(F)c(F)c2[nH]ccc12.O=C(O)C1CC1. The normalized spacial score (nSPS) is 15.9. The van der Waals surface area contributed by atoms with Gasteiger partial charge in [0.2, 0.25) is 5.82 Å². The summed E-state index contributed by atoms with van der Waals surface area (Å²) in [7, 11) is 0. The van der Waals surface area contributed by atoms with Gasteiger partial charge < -0.3 is 24.5 Å². The number of rotatable bonds is 6. The second-order valence-electron chi connectivity index (χ2n) is 10.0. The Morgan fingerprint density at radius 1 is 1.10 bits per heavy atom. The number of hydrogen-bond donors (Lipinski definition) is 3. The van der Waals surface area contributed by atoms with Crippen LogP contribution in [0.25, 0.3) is 22.3 Å². The number of ether oxygens (including phenoxy) is 2. The van der Waals surface area contributed by atoms with Crippen LogP contribution in [0.3, 0.4) is 0 Å². The molecular formula is C31H26F3N3O4S. The lowest BCUT2D eigenvalue weighted by Gasteiger charge is -2.24. The van der Waals surface area contributed by atoms with Gasteiger partial charge in [-0.2, -0.15) is 4.39 Å². The van der Waals surface area contributed by atoms with Crippen LogP contribution in [-0.4, -0.2) is 38.9 Å². The highest BCUT2D eigenvalue weighted by atomic mass is 32.2. The molecule has 3 heterocycles. The molecule has 1 aliphatic carbocycles. The van der Waals surface area contributed by atoms with E-state index in [9.17, 15) is 18.0 Å². The molecular weight excluding hydrogens is 567 g/mol. The van der Waals surface area contributed by atoms with E-state index in [1.807, 2.05) is 24.3 Å². The van der Waals surface area contributed by atoms with Gasteiger partial charge in [0.05, 0.1) is 28.5 Å². The van der Waals surface area contributed by atoms with E-state index < -0.39 is 23.4 Å². The third-order valence-electron chi connectivity index (χ3n) is 7.28. The van der Waals surface area contributed by atoms with Crippen molar-refractivity contribution in [2.24, 2.45) is 5.92 Å². The van der Waals surface area contributed by atoms with Crippen molar-refractivity contribution in [3.8, 4) is 28.6 Å². The molecule has 0 spiro atoms. The summed E-state index contributed by atoms with van der Waals surface area (Å²) in [6.07, 6.45) is 7.54. The molecule has 1 aliphatic heterocycles. The Bertz CT molecular complexity index is 1780. The van der Waals surface area contributed by atoms with Crippen molar-refractivity contribution in [3.63, 3.8) is 0 Å². The largest absolute Gasteiger partial charge is 0.493 e. The number of aromatic amines is 2. The third kappa shape index (κ3) is 5.32. The zero-order valence-corrected chi connectivity index (χ0v) is 23.2. The fraction of sp³-hybridized carbons (Fsp3) is 0.226. The molecule has 3 aromatic carbocycles. The van der Waals surface area contributed by atoms with E-state index in [4.69, 9.17) is 14.6 Å². The number of thioether (sulfide) groups is 1. The van der Waals surface area contributed by atoms with Gasteiger partial charge in [0.1, 0.15) is 23.1 Å². The molecule has 3 N–H and O–H groups in total. The van der Waals surface area contributed by atoms with Crippen LogP contribution in [0.1, 0.15) is 36.4 Å². The summed E-state index contributed by atoms with van der Waals surface area (Å²) >= 11 is 1.23. The van der Waals surface area contributed by atoms with E-state index >= 15 is 0 Å². The fourth-order valence-electron chi connectivity index (χ4n) is 4.98. The molecule has 11 heteroatoms. The Balaban J connectivity index is 0.000000470. The molecule has 1 saturated carbocycles. The summed E-state index contributed by atoms with van der Waals surface area (Å²) in [5.74, 6) is -2.19. The van der Waals surface area contributed by atoms with Crippen LogP contribution in [0.15, 0.2) is 65.8 Å². The van der Waals surface area contributed by atoms with Crippen molar-refractivity contribution >= 4 is 28.6 Å². The number of halogens is 3. The lowest BCUT2D eigenvalue weighted by Crippen LogP contribution is -2.15. The van der Waals surface area contributed by atoms with Crippen molar-refractivity contribution in [1.82, 2.24) is 15.0 Å². The van der Waals surface area contributed by atoms with Gasteiger partial charge in [0, 0.05) is 35.0 Å². The maximum absolute atomic E-state index is 14.9. The second kappa shape index (κ2) is 11.5. The van der Waals surface area contributed by atoms with E-state index in [1.165, 1.54) is 36.2 Å². The van der Waals surface area contributed by atoms with Crippen LogP contribution < -0.4 is 9.47 Å². The quantitative estimate of drug-likeness (QED) is 0.173. The Labute approximate surface area is 243 Å². The molecule has 1 atom stereocenters. The molecule has 42 heavy (non-hydrogen) atoms. The molecule has 2 aromatic heterocycles. The van der Waals surface area contributed by atoms with Gasteiger partial charge >= 0.3 is 5.97 Å². The maximum Gasteiger partial charge on any atom is 0.306 e. The number of aliphatic carboxylic acids is 1. The zero-order valence-electron chi connectivity index (χ0n) is 22.4. The van der Waals surface area contributed by atoms with Crippen molar-refractivity contribution in [2.75, 3.05) is 12.9 Å². The number of fused-ring (bicyclic) bond motifs is 2. The van der Waals surface area contributed by atoms with Crippen LogP contribution in [0.5, 0.6) is 17.2 Å². The number of benzene rings is 3. The highest BCUT2D eigenvalue weighted by Gasteiger charge is 2.29. The predicted octanol–water partition coefficient (Wildman–Crippen LogP) is 7.88. The molecule has 0 radical (unpaired) electrons. The highest BCUT2D eigenvalue weighted by molar-refractivity contribution is 7.99. The van der Waals surface area contributed by atoms with Gasteiger partial charge in [-0.3, -0.25) is 4.79 Å². The monoisotopic (exact) mass is 593 g/mol. The van der Waals surface area contributed by atoms with E-state index in [1.54, 1.807) is 18.5 Å². The summed E-state index contributed by atoms with van der Waals surface area (Å²) < 4.78 is 56.0. The average molecular weight is 594 g/mol. The Morgan fingerprint density at radius 3 is 2.64 bits per heavy atom. The first-order valence-corrected chi connectivity index (χ1v) is 14.6. The lowest BCUT2D eigenvalue weighted by molar-refractivity contribution is -0.138. The first kappa shape index (κ1) is 27.8. The maximum atomic E-state index is 14.9. The fourth-order valence-corrected chi connectivity index (χ4v) is 5.68. The van der Waals surface area contributed by atoms with E-state index in [0.717, 1.165) is 36.3 Å². The van der Waals surface area contributed by atoms with E-state index in [-0.39, 0.29) is 34.4 Å². The van der Waals surface area contributed by atoms with Gasteiger partial charge in [-0.05, 0) is 55.9 Å². The zero-order chi connectivity index (χ0) is 29.4. The van der Waals surface area contributed by atoms with Crippen LogP contribution in [0, 0.1) is 23.4 Å². The highest BCUT2D eigenvalue weighted by Crippen LogP contribution is 2.42. The van der Waals surface area contributed by atoms with Crippen molar-refractivity contribution < 1.29 is 32.5 Å². The number of carboxylic acids is 1.